The molecule has 2 aromatic rings. The lowest BCUT2D eigenvalue weighted by atomic mass is 9.98. The minimum atomic E-state index is 0.369. The molecule has 0 radical (unpaired) electrons. The molecule has 3 heteroatoms. The number of fused-ring (bicyclic) bond motifs is 1. The molecule has 1 unspecified atom stereocenters. The van der Waals surface area contributed by atoms with Gasteiger partial charge in [0.1, 0.15) is 5.82 Å². The molecule has 0 saturated heterocycles. The number of aromatic nitrogens is 2. The molecule has 1 aromatic heterocycles. The second-order valence-corrected chi connectivity index (χ2v) is 5.27. The lowest BCUT2D eigenvalue weighted by Gasteiger charge is -2.27. The summed E-state index contributed by atoms with van der Waals surface area (Å²) in [6, 6.07) is 7.15. The van der Waals surface area contributed by atoms with E-state index in [0.717, 1.165) is 13.0 Å². The molecule has 0 aliphatic carbocycles. The van der Waals surface area contributed by atoms with Crippen LogP contribution in [0.1, 0.15) is 34.7 Å². The fraction of sp³-hybridized carbons (Fsp3) is 0.400. The van der Waals surface area contributed by atoms with Crippen LogP contribution in [-0.4, -0.2) is 16.3 Å². The molecule has 1 atom stereocenters. The average molecular weight is 241 g/mol. The minimum absolute atomic E-state index is 0.369. The van der Waals surface area contributed by atoms with Gasteiger partial charge in [0, 0.05) is 12.1 Å². The van der Waals surface area contributed by atoms with Crippen LogP contribution in [0.4, 0.5) is 5.82 Å². The van der Waals surface area contributed by atoms with Crippen molar-refractivity contribution in [3.8, 4) is 0 Å². The molecule has 94 valence electrons. The highest BCUT2D eigenvalue weighted by molar-refractivity contribution is 5.46. The van der Waals surface area contributed by atoms with E-state index >= 15 is 0 Å². The Bertz CT molecular complexity index is 563. The summed E-state index contributed by atoms with van der Waals surface area (Å²) < 4.78 is 2.13. The Hall–Kier alpha value is -1.77. The molecular weight excluding hydrogens is 222 g/mol. The summed E-state index contributed by atoms with van der Waals surface area (Å²) in [5.41, 5.74) is 5.25. The van der Waals surface area contributed by atoms with Crippen LogP contribution in [0.5, 0.6) is 0 Å². The molecule has 1 aliphatic heterocycles. The summed E-state index contributed by atoms with van der Waals surface area (Å²) >= 11 is 0. The van der Waals surface area contributed by atoms with Gasteiger partial charge in [-0.05, 0) is 32.8 Å². The van der Waals surface area contributed by atoms with Crippen molar-refractivity contribution < 1.29 is 0 Å². The smallest absolute Gasteiger partial charge is 0.127 e. The van der Waals surface area contributed by atoms with Crippen LogP contribution in [0.15, 0.2) is 24.4 Å². The number of hydrogen-bond donors (Lipinski definition) is 1. The number of aryl methyl sites for hydroxylation is 3. The Morgan fingerprint density at radius 2 is 1.89 bits per heavy atom. The molecule has 1 aliphatic rings. The number of rotatable bonds is 1. The number of nitrogens with zero attached hydrogens (tertiary/aromatic N) is 2. The van der Waals surface area contributed by atoms with Gasteiger partial charge < -0.3 is 5.32 Å². The molecule has 18 heavy (non-hydrogen) atoms. The Balaban J connectivity index is 2.08. The first-order valence-corrected chi connectivity index (χ1v) is 6.51. The molecule has 0 saturated carbocycles. The molecule has 1 N–H and O–H groups in total. The van der Waals surface area contributed by atoms with Gasteiger partial charge in [0.2, 0.25) is 0 Å². The molecule has 1 aromatic carbocycles. The van der Waals surface area contributed by atoms with Crippen molar-refractivity contribution >= 4 is 5.82 Å². The van der Waals surface area contributed by atoms with Gasteiger partial charge in [0.25, 0.3) is 0 Å². The maximum absolute atomic E-state index is 4.53. The van der Waals surface area contributed by atoms with Gasteiger partial charge in [0.15, 0.2) is 0 Å². The fourth-order valence-corrected chi connectivity index (χ4v) is 2.86. The van der Waals surface area contributed by atoms with E-state index < -0.39 is 0 Å². The van der Waals surface area contributed by atoms with Crippen LogP contribution in [0.3, 0.4) is 0 Å². The molecule has 3 nitrogen and oxygen atoms in total. The van der Waals surface area contributed by atoms with Crippen molar-refractivity contribution in [2.45, 2.75) is 33.2 Å². The van der Waals surface area contributed by atoms with E-state index in [9.17, 15) is 0 Å². The van der Waals surface area contributed by atoms with E-state index in [2.05, 4.69) is 54.1 Å². The normalized spacial score (nSPS) is 18.3. The van der Waals surface area contributed by atoms with Gasteiger partial charge in [-0.3, -0.25) is 0 Å². The van der Waals surface area contributed by atoms with Crippen LogP contribution in [-0.2, 0) is 0 Å². The SMILES string of the molecule is Cc1cc(C)cc(C2CCNc3c(C)cnn32)c1. The van der Waals surface area contributed by atoms with Crippen molar-refractivity contribution in [3.05, 3.63) is 46.6 Å². The Morgan fingerprint density at radius 1 is 1.17 bits per heavy atom. The zero-order valence-electron chi connectivity index (χ0n) is 11.2. The largest absolute Gasteiger partial charge is 0.370 e. The fourth-order valence-electron chi connectivity index (χ4n) is 2.86. The van der Waals surface area contributed by atoms with Gasteiger partial charge in [-0.15, -0.1) is 0 Å². The minimum Gasteiger partial charge on any atom is -0.370 e. The molecular formula is C15H19N3. The van der Waals surface area contributed by atoms with Gasteiger partial charge in [0.05, 0.1) is 12.2 Å². The zero-order chi connectivity index (χ0) is 12.7. The van der Waals surface area contributed by atoms with E-state index in [1.54, 1.807) is 0 Å². The first-order valence-electron chi connectivity index (χ1n) is 6.51. The molecule has 3 rings (SSSR count). The lowest BCUT2D eigenvalue weighted by Crippen LogP contribution is -2.24. The summed E-state index contributed by atoms with van der Waals surface area (Å²) in [7, 11) is 0. The first-order chi connectivity index (χ1) is 8.65. The highest BCUT2D eigenvalue weighted by Gasteiger charge is 2.23. The maximum Gasteiger partial charge on any atom is 0.127 e. The third-order valence-corrected chi connectivity index (χ3v) is 3.61. The van der Waals surface area contributed by atoms with Gasteiger partial charge in [-0.2, -0.15) is 5.10 Å². The number of anilines is 1. The molecule has 0 spiro atoms. The molecule has 2 heterocycles. The van der Waals surface area contributed by atoms with E-state index in [1.807, 2.05) is 6.20 Å². The summed E-state index contributed by atoms with van der Waals surface area (Å²) in [5, 5.41) is 7.97. The third kappa shape index (κ3) is 1.80. The third-order valence-electron chi connectivity index (χ3n) is 3.61. The Labute approximate surface area is 108 Å². The van der Waals surface area contributed by atoms with E-state index in [1.165, 1.54) is 28.1 Å². The predicted molar refractivity (Wildman–Crippen MR) is 74.1 cm³/mol. The Morgan fingerprint density at radius 3 is 2.61 bits per heavy atom. The number of benzene rings is 1. The van der Waals surface area contributed by atoms with Crippen LogP contribution >= 0.6 is 0 Å². The average Bonchev–Trinajstić information content (AvgIpc) is 2.70. The van der Waals surface area contributed by atoms with Crippen molar-refractivity contribution in [3.63, 3.8) is 0 Å². The van der Waals surface area contributed by atoms with Crippen LogP contribution in [0.25, 0.3) is 0 Å². The maximum atomic E-state index is 4.53. The molecule has 0 bridgehead atoms. The summed E-state index contributed by atoms with van der Waals surface area (Å²) in [6.45, 7) is 7.44. The zero-order valence-corrected chi connectivity index (χ0v) is 11.2. The van der Waals surface area contributed by atoms with Crippen LogP contribution < -0.4 is 5.32 Å². The summed E-state index contributed by atoms with van der Waals surface area (Å²) in [6.07, 6.45) is 3.04. The predicted octanol–water partition coefficient (Wildman–Crippen LogP) is 3.21. The highest BCUT2D eigenvalue weighted by atomic mass is 15.4. The van der Waals surface area contributed by atoms with Crippen molar-refractivity contribution in [1.82, 2.24) is 9.78 Å². The lowest BCUT2D eigenvalue weighted by molar-refractivity contribution is 0.481. The summed E-state index contributed by atoms with van der Waals surface area (Å²) in [5.74, 6) is 1.17. The molecule has 0 amide bonds. The first kappa shape index (κ1) is 11.3. The van der Waals surface area contributed by atoms with E-state index in [-0.39, 0.29) is 0 Å². The van der Waals surface area contributed by atoms with Crippen LogP contribution in [0.2, 0.25) is 0 Å². The summed E-state index contributed by atoms with van der Waals surface area (Å²) in [4.78, 5) is 0. The number of nitrogens with one attached hydrogen (secondary N) is 1. The van der Waals surface area contributed by atoms with Crippen molar-refractivity contribution in [2.24, 2.45) is 0 Å². The second kappa shape index (κ2) is 4.16. The quantitative estimate of drug-likeness (QED) is 0.830. The topological polar surface area (TPSA) is 29.9 Å². The van der Waals surface area contributed by atoms with Crippen molar-refractivity contribution in [2.75, 3.05) is 11.9 Å². The van der Waals surface area contributed by atoms with Crippen molar-refractivity contribution in [1.29, 1.82) is 0 Å². The van der Waals surface area contributed by atoms with E-state index in [0.29, 0.717) is 6.04 Å². The highest BCUT2D eigenvalue weighted by Crippen LogP contribution is 2.31. The second-order valence-electron chi connectivity index (χ2n) is 5.27. The van der Waals surface area contributed by atoms with Crippen LogP contribution in [0, 0.1) is 20.8 Å². The van der Waals surface area contributed by atoms with Gasteiger partial charge in [-0.25, -0.2) is 4.68 Å². The van der Waals surface area contributed by atoms with Gasteiger partial charge in [-0.1, -0.05) is 29.3 Å². The molecule has 0 fully saturated rings. The monoisotopic (exact) mass is 241 g/mol. The van der Waals surface area contributed by atoms with E-state index in [4.69, 9.17) is 0 Å². The number of hydrogen-bond acceptors (Lipinski definition) is 2. The van der Waals surface area contributed by atoms with Gasteiger partial charge >= 0.3 is 0 Å². The standard InChI is InChI=1S/C15H19N3/c1-10-6-11(2)8-13(7-10)14-4-5-16-15-12(3)9-17-18(14)15/h6-9,14,16H,4-5H2,1-3H3. The Kier molecular flexibility index (Phi) is 2.62.